The zero-order valence-electron chi connectivity index (χ0n) is 14.4. The van der Waals surface area contributed by atoms with Gasteiger partial charge in [-0.25, -0.2) is 5.01 Å². The topological polar surface area (TPSA) is 58.0 Å². The van der Waals surface area contributed by atoms with Gasteiger partial charge in [0.2, 0.25) is 0 Å². The molecule has 3 aromatic rings. The zero-order valence-corrected chi connectivity index (χ0v) is 15.2. The molecule has 0 bridgehead atoms. The summed E-state index contributed by atoms with van der Waals surface area (Å²) in [7, 11) is -0.801. The molecule has 0 spiro atoms. The number of aromatic nitrogens is 1. The van der Waals surface area contributed by atoms with Crippen molar-refractivity contribution in [1.29, 1.82) is 0 Å². The van der Waals surface area contributed by atoms with Crippen LogP contribution in [0.5, 0.6) is 0 Å². The van der Waals surface area contributed by atoms with Crippen LogP contribution in [0.2, 0.25) is 0 Å². The monoisotopic (exact) mass is 363 g/mol. The lowest BCUT2D eigenvalue weighted by Crippen LogP contribution is -2.34. The molecular formula is C19H18BN3O2S. The van der Waals surface area contributed by atoms with Crippen molar-refractivity contribution in [1.82, 2.24) is 4.37 Å². The van der Waals surface area contributed by atoms with Gasteiger partial charge in [-0.3, -0.25) is 0 Å². The maximum absolute atomic E-state index is 9.82. The first-order chi connectivity index (χ1) is 12.7. The van der Waals surface area contributed by atoms with Crippen molar-refractivity contribution < 1.29 is 9.68 Å². The van der Waals surface area contributed by atoms with E-state index >= 15 is 0 Å². The van der Waals surface area contributed by atoms with E-state index in [0.29, 0.717) is 12.6 Å². The van der Waals surface area contributed by atoms with Gasteiger partial charge in [0, 0.05) is 5.39 Å². The lowest BCUT2D eigenvalue weighted by molar-refractivity contribution is 0.275. The first-order valence-corrected chi connectivity index (χ1v) is 9.62. The van der Waals surface area contributed by atoms with E-state index in [1.807, 2.05) is 24.3 Å². The third kappa shape index (κ3) is 2.55. The highest BCUT2D eigenvalue weighted by Gasteiger charge is 2.29. The quantitative estimate of drug-likeness (QED) is 0.712. The summed E-state index contributed by atoms with van der Waals surface area (Å²) in [5, 5.41) is 18.0. The molecule has 0 radical (unpaired) electrons. The van der Waals surface area contributed by atoms with Crippen LogP contribution >= 0.6 is 11.5 Å². The van der Waals surface area contributed by atoms with Crippen molar-refractivity contribution in [3.8, 4) is 0 Å². The number of hydrogen-bond acceptors (Lipinski definition) is 6. The van der Waals surface area contributed by atoms with Crippen LogP contribution in [0.15, 0.2) is 47.6 Å². The van der Waals surface area contributed by atoms with Crippen LogP contribution in [0, 0.1) is 0 Å². The molecule has 1 unspecified atom stereocenters. The number of rotatable bonds is 2. The summed E-state index contributed by atoms with van der Waals surface area (Å²) < 4.78 is 11.2. The number of hydrazone groups is 1. The highest BCUT2D eigenvalue weighted by atomic mass is 32.1. The highest BCUT2D eigenvalue weighted by molar-refractivity contribution is 7.13. The Bertz CT molecular complexity index is 1020. The Morgan fingerprint density at radius 3 is 3.08 bits per heavy atom. The van der Waals surface area contributed by atoms with Crippen molar-refractivity contribution in [3.63, 3.8) is 0 Å². The third-order valence-corrected chi connectivity index (χ3v) is 5.98. The molecule has 7 heteroatoms. The first-order valence-electron chi connectivity index (χ1n) is 8.85. The molecule has 0 saturated heterocycles. The minimum Gasteiger partial charge on any atom is -0.423 e. The second-order valence-electron chi connectivity index (χ2n) is 6.86. The van der Waals surface area contributed by atoms with Crippen molar-refractivity contribution >= 4 is 45.7 Å². The summed E-state index contributed by atoms with van der Waals surface area (Å²) in [6.07, 6.45) is 1.96. The standard InChI is InChI=1S/C19H18BN3O2S/c1-12-6-9-17(13-7-8-16-14(10-13)11-25-20(16)24)21-23(12)19-15-4-2-3-5-18(15)26-22-19/h2-5,7-8,10,12,24H,6,9,11H2,1H3. The average Bonchev–Trinajstić information content (AvgIpc) is 3.26. The van der Waals surface area contributed by atoms with Crippen LogP contribution in [0.3, 0.4) is 0 Å². The molecule has 0 amide bonds. The summed E-state index contributed by atoms with van der Waals surface area (Å²) in [4.78, 5) is 0. The van der Waals surface area contributed by atoms with Gasteiger partial charge >= 0.3 is 7.12 Å². The second kappa shape index (κ2) is 6.19. The van der Waals surface area contributed by atoms with E-state index in [2.05, 4.69) is 34.5 Å². The molecule has 1 aromatic heterocycles. The molecule has 26 heavy (non-hydrogen) atoms. The van der Waals surface area contributed by atoms with Gasteiger partial charge in [-0.15, -0.1) is 0 Å². The fraction of sp³-hybridized carbons (Fsp3) is 0.263. The summed E-state index contributed by atoms with van der Waals surface area (Å²) in [6, 6.07) is 14.7. The van der Waals surface area contributed by atoms with Gasteiger partial charge in [-0.05, 0) is 66.1 Å². The normalized spacial score (nSPS) is 19.8. The Hall–Kier alpha value is -2.22. The van der Waals surface area contributed by atoms with Crippen LogP contribution in [0.25, 0.3) is 10.1 Å². The van der Waals surface area contributed by atoms with E-state index in [9.17, 15) is 5.02 Å². The van der Waals surface area contributed by atoms with E-state index in [4.69, 9.17) is 9.76 Å². The number of fused-ring (bicyclic) bond motifs is 2. The first kappa shape index (κ1) is 16.0. The van der Waals surface area contributed by atoms with E-state index in [-0.39, 0.29) is 0 Å². The maximum atomic E-state index is 9.82. The van der Waals surface area contributed by atoms with Gasteiger partial charge in [-0.2, -0.15) is 9.47 Å². The number of anilines is 1. The predicted molar refractivity (Wildman–Crippen MR) is 106 cm³/mol. The second-order valence-corrected chi connectivity index (χ2v) is 7.66. The molecular weight excluding hydrogens is 345 g/mol. The fourth-order valence-electron chi connectivity index (χ4n) is 3.65. The van der Waals surface area contributed by atoms with Crippen molar-refractivity contribution in [2.24, 2.45) is 5.10 Å². The van der Waals surface area contributed by atoms with E-state index in [1.54, 1.807) is 0 Å². The summed E-state index contributed by atoms with van der Waals surface area (Å²) in [6.45, 7) is 2.65. The van der Waals surface area contributed by atoms with Crippen LogP contribution in [-0.2, 0) is 11.3 Å². The smallest absolute Gasteiger partial charge is 0.423 e. The van der Waals surface area contributed by atoms with Gasteiger partial charge in [-0.1, -0.05) is 24.3 Å². The largest absolute Gasteiger partial charge is 0.491 e. The van der Waals surface area contributed by atoms with E-state index in [1.165, 1.54) is 16.2 Å². The average molecular weight is 363 g/mol. The zero-order chi connectivity index (χ0) is 17.7. The molecule has 5 rings (SSSR count). The molecule has 5 nitrogen and oxygen atoms in total. The Morgan fingerprint density at radius 1 is 1.27 bits per heavy atom. The van der Waals surface area contributed by atoms with Gasteiger partial charge in [0.25, 0.3) is 0 Å². The van der Waals surface area contributed by atoms with Crippen molar-refractivity contribution in [2.75, 3.05) is 5.01 Å². The minimum atomic E-state index is -0.801. The molecule has 130 valence electrons. The molecule has 3 heterocycles. The predicted octanol–water partition coefficient (Wildman–Crippen LogP) is 2.91. The molecule has 2 aliphatic rings. The van der Waals surface area contributed by atoms with Crippen LogP contribution < -0.4 is 10.5 Å². The van der Waals surface area contributed by atoms with Gasteiger partial charge in [0.15, 0.2) is 5.82 Å². The fourth-order valence-corrected chi connectivity index (χ4v) is 4.42. The molecule has 0 fully saturated rings. The SMILES string of the molecule is CC1CCC(c2ccc3c(c2)COB3O)=NN1c1nsc2ccccc12. The van der Waals surface area contributed by atoms with Gasteiger partial charge in [0.05, 0.1) is 23.1 Å². The van der Waals surface area contributed by atoms with Crippen LogP contribution in [0.1, 0.15) is 30.9 Å². The molecule has 0 aliphatic carbocycles. The molecule has 1 atom stereocenters. The van der Waals surface area contributed by atoms with E-state index < -0.39 is 7.12 Å². The summed E-state index contributed by atoms with van der Waals surface area (Å²) in [5.41, 5.74) is 4.06. The lowest BCUT2D eigenvalue weighted by Gasteiger charge is -2.30. The van der Waals surface area contributed by atoms with Gasteiger partial charge in [0.1, 0.15) is 0 Å². The van der Waals surface area contributed by atoms with Crippen LogP contribution in [-0.4, -0.2) is 28.3 Å². The summed E-state index contributed by atoms with van der Waals surface area (Å²) >= 11 is 1.52. The molecule has 0 saturated carbocycles. The molecule has 2 aliphatic heterocycles. The van der Waals surface area contributed by atoms with Crippen molar-refractivity contribution in [2.45, 2.75) is 32.4 Å². The van der Waals surface area contributed by atoms with Crippen molar-refractivity contribution in [3.05, 3.63) is 53.6 Å². The Labute approximate surface area is 156 Å². The highest BCUT2D eigenvalue weighted by Crippen LogP contribution is 2.33. The van der Waals surface area contributed by atoms with Crippen LogP contribution in [0.4, 0.5) is 5.82 Å². The minimum absolute atomic E-state index is 0.309. The molecule has 2 aromatic carbocycles. The number of benzene rings is 2. The maximum Gasteiger partial charge on any atom is 0.491 e. The third-order valence-electron chi connectivity index (χ3n) is 5.16. The Balaban J connectivity index is 1.55. The summed E-state index contributed by atoms with van der Waals surface area (Å²) in [5.74, 6) is 0.940. The lowest BCUT2D eigenvalue weighted by atomic mass is 9.79. The van der Waals surface area contributed by atoms with Gasteiger partial charge < -0.3 is 9.68 Å². The number of nitrogens with zero attached hydrogens (tertiary/aromatic N) is 3. The molecule has 1 N–H and O–H groups in total. The Morgan fingerprint density at radius 2 is 2.15 bits per heavy atom. The number of hydrogen-bond donors (Lipinski definition) is 1. The van der Waals surface area contributed by atoms with E-state index in [0.717, 1.165) is 46.3 Å². The Kier molecular flexibility index (Phi) is 3.81.